The molecule has 1 aliphatic carbocycles. The number of rotatable bonds is 9. The second-order valence-electron chi connectivity index (χ2n) is 9.32. The SMILES string of the molecule is CCOc1ccc(Cc2cc([C@H]3C[C@@H](OCc4ccccc4)[C@H]4C[C@@]4(CO)O3)ccc2Cl)cc1. The molecule has 0 spiro atoms. The van der Waals surface area contributed by atoms with E-state index in [9.17, 15) is 5.11 Å². The Kier molecular flexibility index (Phi) is 6.94. The molecule has 0 aromatic heterocycles. The lowest BCUT2D eigenvalue weighted by Gasteiger charge is -2.35. The molecule has 1 heterocycles. The summed E-state index contributed by atoms with van der Waals surface area (Å²) in [5.74, 6) is 1.12. The van der Waals surface area contributed by atoms with Crippen LogP contribution in [-0.4, -0.2) is 30.0 Å². The number of hydrogen-bond donors (Lipinski definition) is 1. The van der Waals surface area contributed by atoms with Crippen LogP contribution in [0.4, 0.5) is 0 Å². The summed E-state index contributed by atoms with van der Waals surface area (Å²) >= 11 is 6.57. The number of aliphatic hydroxyl groups is 1. The van der Waals surface area contributed by atoms with Crippen molar-refractivity contribution in [3.63, 3.8) is 0 Å². The molecular weight excluding hydrogens is 448 g/mol. The van der Waals surface area contributed by atoms with Crippen LogP contribution in [0.1, 0.15) is 48.1 Å². The monoisotopic (exact) mass is 478 g/mol. The standard InChI is InChI=1S/C29H31ClO4/c1-2-32-24-11-8-20(9-12-24)14-23-15-22(10-13-26(23)30)27-16-28(25-17-29(25,19-31)34-27)33-18-21-6-4-3-5-7-21/h3-13,15,25,27-28,31H,2,14,16-19H2,1H3/t25-,27-,28-,29+/m1/s1. The maximum Gasteiger partial charge on any atom is 0.119 e. The Bertz CT molecular complexity index is 1100. The summed E-state index contributed by atoms with van der Waals surface area (Å²) < 4.78 is 18.4. The first-order valence-corrected chi connectivity index (χ1v) is 12.4. The van der Waals surface area contributed by atoms with E-state index < -0.39 is 5.60 Å². The van der Waals surface area contributed by atoms with E-state index in [2.05, 4.69) is 30.3 Å². The molecule has 0 amide bonds. The minimum absolute atomic E-state index is 0.0198. The van der Waals surface area contributed by atoms with E-state index in [1.54, 1.807) is 0 Å². The van der Waals surface area contributed by atoms with Crippen LogP contribution in [0, 0.1) is 5.92 Å². The molecule has 178 valence electrons. The Morgan fingerprint density at radius 1 is 1.03 bits per heavy atom. The van der Waals surface area contributed by atoms with Crippen LogP contribution >= 0.6 is 11.6 Å². The predicted octanol–water partition coefficient (Wildman–Crippen LogP) is 6.13. The van der Waals surface area contributed by atoms with Crippen LogP contribution in [0.5, 0.6) is 5.75 Å². The zero-order chi connectivity index (χ0) is 23.5. The van der Waals surface area contributed by atoms with Gasteiger partial charge in [-0.3, -0.25) is 0 Å². The van der Waals surface area contributed by atoms with Gasteiger partial charge in [0.15, 0.2) is 0 Å². The lowest BCUT2D eigenvalue weighted by molar-refractivity contribution is -0.142. The fraction of sp³-hybridized carbons (Fsp3) is 0.379. The summed E-state index contributed by atoms with van der Waals surface area (Å²) in [5.41, 5.74) is 3.98. The van der Waals surface area contributed by atoms with Crippen LogP contribution in [0.15, 0.2) is 72.8 Å². The van der Waals surface area contributed by atoms with Gasteiger partial charge < -0.3 is 19.3 Å². The topological polar surface area (TPSA) is 47.9 Å². The van der Waals surface area contributed by atoms with Crippen LogP contribution < -0.4 is 4.74 Å². The molecule has 1 aliphatic heterocycles. The molecule has 4 nitrogen and oxygen atoms in total. The van der Waals surface area contributed by atoms with E-state index in [-0.39, 0.29) is 24.7 Å². The fourth-order valence-corrected chi connectivity index (χ4v) is 5.22. The molecule has 5 heteroatoms. The van der Waals surface area contributed by atoms with Gasteiger partial charge in [0.1, 0.15) is 5.75 Å². The molecule has 34 heavy (non-hydrogen) atoms. The van der Waals surface area contributed by atoms with Crippen molar-refractivity contribution in [3.05, 3.63) is 100 Å². The second kappa shape index (κ2) is 10.1. The first kappa shape index (κ1) is 23.4. The van der Waals surface area contributed by atoms with Crippen LogP contribution in [-0.2, 0) is 22.5 Å². The molecule has 4 atom stereocenters. The largest absolute Gasteiger partial charge is 0.494 e. The molecule has 5 rings (SSSR count). The lowest BCUT2D eigenvalue weighted by Crippen LogP contribution is -2.37. The number of ether oxygens (including phenoxy) is 3. The Labute approximate surface area is 206 Å². The third-order valence-electron chi connectivity index (χ3n) is 7.00. The van der Waals surface area contributed by atoms with Crippen molar-refractivity contribution in [2.24, 2.45) is 5.92 Å². The number of hydrogen-bond acceptors (Lipinski definition) is 4. The van der Waals surface area contributed by atoms with E-state index in [1.807, 2.05) is 49.4 Å². The highest BCUT2D eigenvalue weighted by Crippen LogP contribution is 2.58. The van der Waals surface area contributed by atoms with Crippen molar-refractivity contribution in [3.8, 4) is 5.75 Å². The van der Waals surface area contributed by atoms with Gasteiger partial charge in [0, 0.05) is 17.4 Å². The molecule has 1 saturated carbocycles. The Morgan fingerprint density at radius 3 is 2.56 bits per heavy atom. The summed E-state index contributed by atoms with van der Waals surface area (Å²) in [7, 11) is 0. The van der Waals surface area contributed by atoms with Crippen LogP contribution in [0.25, 0.3) is 0 Å². The highest BCUT2D eigenvalue weighted by atomic mass is 35.5. The first-order chi connectivity index (χ1) is 16.6. The van der Waals surface area contributed by atoms with Crippen molar-refractivity contribution in [1.82, 2.24) is 0 Å². The summed E-state index contributed by atoms with van der Waals surface area (Å²) in [6, 6.07) is 24.5. The number of halogens is 1. The van der Waals surface area contributed by atoms with Crippen LogP contribution in [0.2, 0.25) is 5.02 Å². The predicted molar refractivity (Wildman–Crippen MR) is 133 cm³/mol. The van der Waals surface area contributed by atoms with Gasteiger partial charge in [0.25, 0.3) is 0 Å². The molecule has 2 fully saturated rings. The zero-order valence-electron chi connectivity index (χ0n) is 19.5. The number of benzene rings is 3. The van der Waals surface area contributed by atoms with Crippen LogP contribution in [0.3, 0.4) is 0 Å². The fourth-order valence-electron chi connectivity index (χ4n) is 5.03. The minimum atomic E-state index is -0.487. The molecule has 1 N–H and O–H groups in total. The van der Waals surface area contributed by atoms with E-state index >= 15 is 0 Å². The summed E-state index contributed by atoms with van der Waals surface area (Å²) in [6.45, 7) is 3.22. The molecule has 0 radical (unpaired) electrons. The summed E-state index contributed by atoms with van der Waals surface area (Å²) in [6.07, 6.45) is 2.25. The van der Waals surface area contributed by atoms with Gasteiger partial charge in [-0.05, 0) is 60.2 Å². The Morgan fingerprint density at radius 2 is 1.82 bits per heavy atom. The van der Waals surface area contributed by atoms with Gasteiger partial charge in [-0.25, -0.2) is 0 Å². The average Bonchev–Trinajstić information content (AvgIpc) is 3.61. The molecule has 2 aliphatic rings. The average molecular weight is 479 g/mol. The normalized spacial score (nSPS) is 25.6. The zero-order valence-corrected chi connectivity index (χ0v) is 20.2. The van der Waals surface area contributed by atoms with Gasteiger partial charge in [-0.1, -0.05) is 66.2 Å². The molecule has 3 aromatic rings. The second-order valence-corrected chi connectivity index (χ2v) is 9.72. The maximum absolute atomic E-state index is 10.1. The van der Waals surface area contributed by atoms with Gasteiger partial charge in [-0.15, -0.1) is 0 Å². The highest BCUT2D eigenvalue weighted by Gasteiger charge is 2.63. The Hall–Kier alpha value is -2.37. The third-order valence-corrected chi connectivity index (χ3v) is 7.37. The van der Waals surface area contributed by atoms with E-state index in [1.165, 1.54) is 5.56 Å². The molecule has 0 bridgehead atoms. The highest BCUT2D eigenvalue weighted by molar-refractivity contribution is 6.31. The molecule has 3 aromatic carbocycles. The van der Waals surface area contributed by atoms with E-state index in [4.69, 9.17) is 25.8 Å². The molecule has 0 unspecified atom stereocenters. The first-order valence-electron chi connectivity index (χ1n) is 12.0. The van der Waals surface area contributed by atoms with Gasteiger partial charge in [0.05, 0.1) is 37.6 Å². The van der Waals surface area contributed by atoms with Gasteiger partial charge >= 0.3 is 0 Å². The number of aliphatic hydroxyl groups excluding tert-OH is 1. The number of fused-ring (bicyclic) bond motifs is 1. The quantitative estimate of drug-likeness (QED) is 0.402. The van der Waals surface area contributed by atoms with E-state index in [0.717, 1.165) is 46.7 Å². The smallest absolute Gasteiger partial charge is 0.119 e. The Balaban J connectivity index is 1.32. The lowest BCUT2D eigenvalue weighted by atomic mass is 9.93. The van der Waals surface area contributed by atoms with Crippen molar-refractivity contribution >= 4 is 11.6 Å². The summed E-state index contributed by atoms with van der Waals surface area (Å²) in [5, 5.41) is 10.8. The third kappa shape index (κ3) is 5.01. The van der Waals surface area contributed by atoms with Gasteiger partial charge in [-0.2, -0.15) is 0 Å². The molecular formula is C29H31ClO4. The summed E-state index contributed by atoms with van der Waals surface area (Å²) in [4.78, 5) is 0. The maximum atomic E-state index is 10.1. The van der Waals surface area contributed by atoms with E-state index in [0.29, 0.717) is 13.2 Å². The minimum Gasteiger partial charge on any atom is -0.494 e. The van der Waals surface area contributed by atoms with Crippen molar-refractivity contribution in [1.29, 1.82) is 0 Å². The van der Waals surface area contributed by atoms with Crippen molar-refractivity contribution < 1.29 is 19.3 Å². The van der Waals surface area contributed by atoms with Crippen molar-refractivity contribution in [2.45, 2.75) is 50.6 Å². The van der Waals surface area contributed by atoms with Gasteiger partial charge in [0.2, 0.25) is 0 Å². The van der Waals surface area contributed by atoms with Crippen molar-refractivity contribution in [2.75, 3.05) is 13.2 Å². The molecule has 1 saturated heterocycles.